The van der Waals surface area contributed by atoms with E-state index in [4.69, 9.17) is 11.8 Å². The van der Waals surface area contributed by atoms with Crippen molar-refractivity contribution in [3.63, 3.8) is 0 Å². The molecule has 0 saturated carbocycles. The van der Waals surface area contributed by atoms with Crippen molar-refractivity contribution in [1.82, 2.24) is 0 Å². The van der Waals surface area contributed by atoms with Crippen LogP contribution in [0, 0.1) is 0 Å². The van der Waals surface area contributed by atoms with E-state index >= 15 is 0 Å². The fourth-order valence-electron chi connectivity index (χ4n) is 0.757. The van der Waals surface area contributed by atoms with E-state index in [1.807, 2.05) is 0 Å². The molecule has 0 aromatic heterocycles. The van der Waals surface area contributed by atoms with Crippen molar-refractivity contribution in [3.05, 3.63) is 30.3 Å². The van der Waals surface area contributed by atoms with Gasteiger partial charge in [0.2, 0.25) is 0 Å². The Morgan fingerprint density at radius 3 is 2.00 bits per heavy atom. The van der Waals surface area contributed by atoms with E-state index in [2.05, 4.69) is 7.65 Å². The van der Waals surface area contributed by atoms with Crippen LogP contribution in [0.2, 0.25) is 0 Å². The predicted molar refractivity (Wildman–Crippen MR) is 43.1 cm³/mol. The van der Waals surface area contributed by atoms with Crippen LogP contribution in [0.15, 0.2) is 30.3 Å². The first-order chi connectivity index (χ1) is 5.73. The van der Waals surface area contributed by atoms with E-state index in [0.717, 1.165) is 0 Å². The summed E-state index contributed by atoms with van der Waals surface area (Å²) in [5.74, 6) is 9.62. The van der Waals surface area contributed by atoms with Gasteiger partial charge in [-0.3, -0.25) is 0 Å². The van der Waals surface area contributed by atoms with Crippen molar-refractivity contribution in [2.45, 2.75) is 0 Å². The summed E-state index contributed by atoms with van der Waals surface area (Å²) >= 11 is -4.11. The normalized spacial score (nSPS) is 11.5. The van der Waals surface area contributed by atoms with Gasteiger partial charge in [0.25, 0.3) is 0 Å². The molecule has 0 amide bonds. The molecule has 0 spiro atoms. The van der Waals surface area contributed by atoms with Crippen LogP contribution in [0.25, 0.3) is 0 Å². The second kappa shape index (κ2) is 3.89. The summed E-state index contributed by atoms with van der Waals surface area (Å²) in [5, 5.41) is 0. The molecule has 0 aliphatic carbocycles. The summed E-state index contributed by atoms with van der Waals surface area (Å²) in [6, 6.07) is 8.33. The summed E-state index contributed by atoms with van der Waals surface area (Å²) < 4.78 is 20.4. The molecule has 4 N–H and O–H groups in total. The van der Waals surface area contributed by atoms with Gasteiger partial charge in [-0.05, 0) is 0 Å². The Labute approximate surface area is 72.5 Å². The van der Waals surface area contributed by atoms with E-state index in [-0.39, 0.29) is 0 Å². The molecule has 5 nitrogen and oxygen atoms in total. The Morgan fingerprint density at radius 2 is 1.58 bits per heavy atom. The van der Waals surface area contributed by atoms with Crippen molar-refractivity contribution < 1.29 is 11.4 Å². The fraction of sp³-hybridized carbons (Fsp3) is 0. The van der Waals surface area contributed by atoms with Crippen LogP contribution in [0.4, 0.5) is 0 Å². The SMILES string of the molecule is NO[As](=O)(ON)c1ccccc1. The quantitative estimate of drug-likeness (QED) is 0.517. The average Bonchev–Trinajstić information content (AvgIpc) is 2.18. The monoisotopic (exact) mass is 232 g/mol. The predicted octanol–water partition coefficient (Wildman–Crippen LogP) is -0.956. The summed E-state index contributed by atoms with van der Waals surface area (Å²) in [7, 11) is 0. The number of hydrogen-bond acceptors (Lipinski definition) is 5. The summed E-state index contributed by atoms with van der Waals surface area (Å²) in [6.45, 7) is 0. The Kier molecular flexibility index (Phi) is 3.08. The molecule has 0 unspecified atom stereocenters. The van der Waals surface area contributed by atoms with Crippen LogP contribution in [-0.4, -0.2) is 14.2 Å². The number of rotatable bonds is 3. The van der Waals surface area contributed by atoms with Gasteiger partial charge < -0.3 is 0 Å². The number of benzene rings is 1. The van der Waals surface area contributed by atoms with E-state index in [0.29, 0.717) is 4.35 Å². The molecule has 0 radical (unpaired) electrons. The van der Waals surface area contributed by atoms with Crippen LogP contribution >= 0.6 is 0 Å². The fourth-order valence-corrected chi connectivity index (χ4v) is 2.50. The first-order valence-corrected chi connectivity index (χ1v) is 6.39. The van der Waals surface area contributed by atoms with E-state index < -0.39 is 14.2 Å². The zero-order valence-corrected chi connectivity index (χ0v) is 8.09. The Balaban J connectivity index is 3.04. The zero-order valence-electron chi connectivity index (χ0n) is 6.21. The molecule has 66 valence electrons. The van der Waals surface area contributed by atoms with E-state index in [9.17, 15) is 3.74 Å². The van der Waals surface area contributed by atoms with Gasteiger partial charge in [-0.1, -0.05) is 0 Å². The first kappa shape index (κ1) is 9.51. The molecule has 0 saturated heterocycles. The molecule has 0 heterocycles. The van der Waals surface area contributed by atoms with E-state index in [1.165, 1.54) is 0 Å². The molecule has 1 aromatic rings. The van der Waals surface area contributed by atoms with Gasteiger partial charge in [-0.15, -0.1) is 0 Å². The van der Waals surface area contributed by atoms with Crippen LogP contribution in [-0.2, 0) is 11.4 Å². The third-order valence-electron chi connectivity index (χ3n) is 1.35. The molecule has 0 bridgehead atoms. The van der Waals surface area contributed by atoms with Crippen molar-refractivity contribution >= 4 is 18.5 Å². The minimum atomic E-state index is -4.11. The maximum absolute atomic E-state index is 11.5. The van der Waals surface area contributed by atoms with Gasteiger partial charge in [0.1, 0.15) is 0 Å². The van der Waals surface area contributed by atoms with Crippen LogP contribution in [0.1, 0.15) is 0 Å². The number of nitrogens with two attached hydrogens (primary N) is 2. The summed E-state index contributed by atoms with van der Waals surface area (Å²) in [5.41, 5.74) is 0. The average molecular weight is 232 g/mol. The molecule has 0 aliphatic heterocycles. The van der Waals surface area contributed by atoms with Crippen LogP contribution < -0.4 is 16.1 Å². The topological polar surface area (TPSA) is 87.6 Å². The first-order valence-electron chi connectivity index (χ1n) is 3.15. The van der Waals surface area contributed by atoms with Crippen LogP contribution in [0.5, 0.6) is 0 Å². The molecular weight excluding hydrogens is 223 g/mol. The van der Waals surface area contributed by atoms with Crippen molar-refractivity contribution in [2.24, 2.45) is 11.8 Å². The molecule has 1 aromatic carbocycles. The third-order valence-corrected chi connectivity index (χ3v) is 4.47. The van der Waals surface area contributed by atoms with Gasteiger partial charge >= 0.3 is 72.0 Å². The second-order valence-electron chi connectivity index (χ2n) is 2.04. The number of hydrogen-bond donors (Lipinski definition) is 2. The maximum atomic E-state index is 11.5. The molecule has 0 atom stereocenters. The Bertz CT molecular complexity index is 282. The molecule has 0 fully saturated rings. The molecule has 6 heteroatoms. The van der Waals surface area contributed by atoms with Gasteiger partial charge in [0.05, 0.1) is 0 Å². The van der Waals surface area contributed by atoms with Crippen molar-refractivity contribution in [2.75, 3.05) is 0 Å². The van der Waals surface area contributed by atoms with Crippen LogP contribution in [0.3, 0.4) is 0 Å². The van der Waals surface area contributed by atoms with Crippen molar-refractivity contribution in [3.8, 4) is 0 Å². The summed E-state index contributed by atoms with van der Waals surface area (Å²) in [6.07, 6.45) is 0. The van der Waals surface area contributed by atoms with Gasteiger partial charge in [0.15, 0.2) is 0 Å². The molecule has 12 heavy (non-hydrogen) atoms. The standard InChI is InChI=1S/C6H9AsN2O3/c8-11-7(10,12-9)6-4-2-1-3-5-6/h1-5H,8-9H2. The summed E-state index contributed by atoms with van der Waals surface area (Å²) in [4.78, 5) is 0. The Hall–Kier alpha value is -0.582. The molecule has 1 rings (SSSR count). The third kappa shape index (κ3) is 1.77. The minimum absolute atomic E-state index is 0.389. The molecule has 0 aliphatic rings. The van der Waals surface area contributed by atoms with E-state index in [1.54, 1.807) is 30.3 Å². The van der Waals surface area contributed by atoms with Gasteiger partial charge in [0, 0.05) is 0 Å². The second-order valence-corrected chi connectivity index (χ2v) is 6.10. The zero-order chi connectivity index (χ0) is 9.03. The van der Waals surface area contributed by atoms with Gasteiger partial charge in [-0.25, -0.2) is 0 Å². The Morgan fingerprint density at radius 1 is 1.08 bits per heavy atom. The van der Waals surface area contributed by atoms with Gasteiger partial charge in [-0.2, -0.15) is 0 Å². The van der Waals surface area contributed by atoms with Crippen molar-refractivity contribution in [1.29, 1.82) is 0 Å². The molecular formula is C6H9AsN2O3.